The van der Waals surface area contributed by atoms with Gasteiger partial charge in [0.05, 0.1) is 11.4 Å². The Balaban J connectivity index is 1.86. The molecule has 0 heterocycles. The van der Waals surface area contributed by atoms with Gasteiger partial charge in [-0.15, -0.1) is 0 Å². The molecule has 4 nitrogen and oxygen atoms in total. The van der Waals surface area contributed by atoms with E-state index < -0.39 is 0 Å². The standard InChI is InChI=1S/C12H14N2O2/c1-12-8-4-2-3-5(6(4)11(12)14-16)10(13-15)9(12)7(3)8/h3-9,15-16H,2H2,1H3/t3-,4+,5-,6+,7+,8-,9-,12+/m0/s1. The van der Waals surface area contributed by atoms with E-state index >= 15 is 0 Å². The van der Waals surface area contributed by atoms with E-state index in [9.17, 15) is 10.4 Å². The van der Waals surface area contributed by atoms with E-state index in [0.717, 1.165) is 23.3 Å². The van der Waals surface area contributed by atoms with E-state index in [4.69, 9.17) is 0 Å². The maximum Gasteiger partial charge on any atom is 0.0679 e. The highest BCUT2D eigenvalue weighted by Gasteiger charge is 2.87. The maximum atomic E-state index is 9.29. The molecule has 16 heavy (non-hydrogen) atoms. The van der Waals surface area contributed by atoms with Gasteiger partial charge >= 0.3 is 0 Å². The van der Waals surface area contributed by atoms with Crippen molar-refractivity contribution in [3.8, 4) is 0 Å². The van der Waals surface area contributed by atoms with E-state index in [-0.39, 0.29) is 5.41 Å². The molecule has 2 bridgehead atoms. The van der Waals surface area contributed by atoms with Crippen LogP contribution in [-0.4, -0.2) is 21.8 Å². The van der Waals surface area contributed by atoms with Crippen LogP contribution in [0.4, 0.5) is 0 Å². The number of hydrogen-bond donors (Lipinski definition) is 2. The molecule has 0 radical (unpaired) electrons. The first kappa shape index (κ1) is 8.09. The number of rotatable bonds is 0. The van der Waals surface area contributed by atoms with Gasteiger partial charge in [-0.2, -0.15) is 0 Å². The molecular weight excluding hydrogens is 204 g/mol. The summed E-state index contributed by atoms with van der Waals surface area (Å²) in [6.45, 7) is 2.22. The van der Waals surface area contributed by atoms with Crippen molar-refractivity contribution in [3.05, 3.63) is 0 Å². The lowest BCUT2D eigenvalue weighted by atomic mass is 9.49. The molecule has 2 N–H and O–H groups in total. The second-order valence-electron chi connectivity index (χ2n) is 6.49. The van der Waals surface area contributed by atoms with Crippen LogP contribution in [0.25, 0.3) is 0 Å². The zero-order valence-electron chi connectivity index (χ0n) is 9.04. The Hall–Kier alpha value is -1.06. The Labute approximate surface area is 93.0 Å². The molecule has 8 atom stereocenters. The molecule has 0 amide bonds. The summed E-state index contributed by atoms with van der Waals surface area (Å²) in [6, 6.07) is 0. The Morgan fingerprint density at radius 3 is 2.69 bits per heavy atom. The van der Waals surface area contributed by atoms with Crippen LogP contribution in [0.1, 0.15) is 13.3 Å². The lowest BCUT2D eigenvalue weighted by Crippen LogP contribution is -2.57. The number of oxime groups is 2. The lowest BCUT2D eigenvalue weighted by molar-refractivity contribution is -0.0100. The smallest absolute Gasteiger partial charge is 0.0679 e. The third-order valence-electron chi connectivity index (χ3n) is 6.70. The van der Waals surface area contributed by atoms with E-state index in [1.807, 2.05) is 0 Å². The Kier molecular flexibility index (Phi) is 0.967. The van der Waals surface area contributed by atoms with Crippen LogP contribution in [0.2, 0.25) is 0 Å². The van der Waals surface area contributed by atoms with E-state index in [2.05, 4.69) is 17.2 Å². The molecule has 4 heteroatoms. The topological polar surface area (TPSA) is 65.2 Å². The summed E-state index contributed by atoms with van der Waals surface area (Å²) in [7, 11) is 0. The third-order valence-corrected chi connectivity index (χ3v) is 6.70. The van der Waals surface area contributed by atoms with Gasteiger partial charge in [0.2, 0.25) is 0 Å². The fourth-order valence-electron chi connectivity index (χ4n) is 6.73. The molecule has 0 aromatic rings. The zero-order valence-corrected chi connectivity index (χ0v) is 9.04. The number of hydrogen-bond acceptors (Lipinski definition) is 4. The average Bonchev–Trinajstić information content (AvgIpc) is 2.81. The number of fused-ring (bicyclic) bond motifs is 2. The maximum absolute atomic E-state index is 9.29. The van der Waals surface area contributed by atoms with Crippen LogP contribution < -0.4 is 0 Å². The van der Waals surface area contributed by atoms with Crippen molar-refractivity contribution in [1.29, 1.82) is 0 Å². The van der Waals surface area contributed by atoms with Crippen LogP contribution in [-0.2, 0) is 0 Å². The lowest BCUT2D eigenvalue weighted by Gasteiger charge is -2.53. The van der Waals surface area contributed by atoms with Gasteiger partial charge in [-0.1, -0.05) is 17.2 Å². The highest BCUT2D eigenvalue weighted by Crippen LogP contribution is 2.85. The number of nitrogens with zero attached hydrogens (tertiary/aromatic N) is 2. The van der Waals surface area contributed by atoms with Crippen molar-refractivity contribution in [2.24, 2.45) is 57.2 Å². The Morgan fingerprint density at radius 2 is 2.00 bits per heavy atom. The first-order valence-corrected chi connectivity index (χ1v) is 6.19. The van der Waals surface area contributed by atoms with Gasteiger partial charge in [-0.3, -0.25) is 0 Å². The molecule has 0 aromatic heterocycles. The van der Waals surface area contributed by atoms with Crippen molar-refractivity contribution >= 4 is 11.4 Å². The fourth-order valence-corrected chi connectivity index (χ4v) is 6.73. The molecular formula is C12H14N2O2. The van der Waals surface area contributed by atoms with Crippen LogP contribution in [0.3, 0.4) is 0 Å². The molecule has 0 saturated heterocycles. The zero-order chi connectivity index (χ0) is 10.8. The summed E-state index contributed by atoms with van der Waals surface area (Å²) in [5, 5.41) is 25.8. The summed E-state index contributed by atoms with van der Waals surface area (Å²) in [6.07, 6.45) is 1.27. The van der Waals surface area contributed by atoms with Gasteiger partial charge in [0, 0.05) is 23.2 Å². The molecule has 0 aromatic carbocycles. The minimum Gasteiger partial charge on any atom is -0.411 e. The van der Waals surface area contributed by atoms with Crippen molar-refractivity contribution in [3.63, 3.8) is 0 Å². The van der Waals surface area contributed by atoms with Crippen molar-refractivity contribution < 1.29 is 10.4 Å². The molecule has 0 spiro atoms. The second kappa shape index (κ2) is 1.91. The fraction of sp³-hybridized carbons (Fsp3) is 0.833. The highest BCUT2D eigenvalue weighted by molar-refractivity contribution is 6.12. The van der Waals surface area contributed by atoms with Gasteiger partial charge in [0.15, 0.2) is 0 Å². The Bertz CT molecular complexity index is 481. The van der Waals surface area contributed by atoms with Crippen molar-refractivity contribution in [1.82, 2.24) is 0 Å². The summed E-state index contributed by atoms with van der Waals surface area (Å²) in [4.78, 5) is 0. The van der Waals surface area contributed by atoms with Gasteiger partial charge in [0.1, 0.15) is 0 Å². The molecule has 5 aliphatic carbocycles. The molecule has 5 saturated carbocycles. The van der Waals surface area contributed by atoms with Gasteiger partial charge in [-0.05, 0) is 30.1 Å². The quantitative estimate of drug-likeness (QED) is 0.477. The van der Waals surface area contributed by atoms with Crippen LogP contribution in [0.5, 0.6) is 0 Å². The van der Waals surface area contributed by atoms with Gasteiger partial charge < -0.3 is 10.4 Å². The molecule has 5 rings (SSSR count). The van der Waals surface area contributed by atoms with E-state index in [0.29, 0.717) is 29.6 Å². The summed E-state index contributed by atoms with van der Waals surface area (Å²) in [5.74, 6) is 4.07. The van der Waals surface area contributed by atoms with Crippen molar-refractivity contribution in [2.75, 3.05) is 0 Å². The van der Waals surface area contributed by atoms with Gasteiger partial charge in [0.25, 0.3) is 0 Å². The van der Waals surface area contributed by atoms with Crippen LogP contribution in [0.15, 0.2) is 10.3 Å². The van der Waals surface area contributed by atoms with Crippen molar-refractivity contribution in [2.45, 2.75) is 13.3 Å². The summed E-state index contributed by atoms with van der Waals surface area (Å²) in [5.41, 5.74) is 2.09. The second-order valence-corrected chi connectivity index (χ2v) is 6.49. The minimum absolute atomic E-state index is 0.0259. The molecule has 0 aliphatic heterocycles. The minimum atomic E-state index is 0.0259. The first-order chi connectivity index (χ1) is 7.75. The SMILES string of the molecule is C[C@]12C(=NO)[C@@H]3[C@H]4C[C@H]5[C@@H]3C(=NO)[C@@H]1[C@H]5[C@H]42. The average molecular weight is 218 g/mol. The predicted molar refractivity (Wildman–Crippen MR) is 55.6 cm³/mol. The first-order valence-electron chi connectivity index (χ1n) is 6.19. The normalized spacial score (nSPS) is 72.2. The van der Waals surface area contributed by atoms with E-state index in [1.165, 1.54) is 6.42 Å². The van der Waals surface area contributed by atoms with Gasteiger partial charge in [-0.25, -0.2) is 0 Å². The molecule has 5 aliphatic rings. The molecule has 0 unspecified atom stereocenters. The highest BCUT2D eigenvalue weighted by atomic mass is 16.4. The Morgan fingerprint density at radius 1 is 1.19 bits per heavy atom. The molecule has 84 valence electrons. The van der Waals surface area contributed by atoms with Crippen LogP contribution in [0, 0.1) is 46.8 Å². The largest absolute Gasteiger partial charge is 0.411 e. The third kappa shape index (κ3) is 0.437. The van der Waals surface area contributed by atoms with Crippen LogP contribution >= 0.6 is 0 Å². The molecule has 5 fully saturated rings. The summed E-state index contributed by atoms with van der Waals surface area (Å²) >= 11 is 0. The monoisotopic (exact) mass is 218 g/mol. The summed E-state index contributed by atoms with van der Waals surface area (Å²) < 4.78 is 0. The van der Waals surface area contributed by atoms with E-state index in [1.54, 1.807) is 0 Å². The predicted octanol–water partition coefficient (Wildman–Crippen LogP) is 1.42.